The normalized spacial score (nSPS) is 17.7. The first-order chi connectivity index (χ1) is 16.0. The number of methoxy groups -OCH3 is 1. The molecule has 2 N–H and O–H groups in total. The molecule has 0 aliphatic heterocycles. The second-order valence-corrected chi connectivity index (χ2v) is 9.45. The number of hydrogen-bond acceptors (Lipinski definition) is 7. The predicted molar refractivity (Wildman–Crippen MR) is 122 cm³/mol. The summed E-state index contributed by atoms with van der Waals surface area (Å²) in [4.78, 5) is 20.9. The van der Waals surface area contributed by atoms with Crippen LogP contribution >= 0.6 is 0 Å². The molecule has 0 radical (unpaired) electrons. The van der Waals surface area contributed by atoms with E-state index in [1.165, 1.54) is 6.07 Å². The Bertz CT molecular complexity index is 1080. The van der Waals surface area contributed by atoms with Crippen LogP contribution in [0.5, 0.6) is 0 Å². The fourth-order valence-corrected chi connectivity index (χ4v) is 4.97. The summed E-state index contributed by atoms with van der Waals surface area (Å²) in [6, 6.07) is 3.95. The van der Waals surface area contributed by atoms with Crippen LogP contribution in [-0.4, -0.2) is 42.2 Å². The number of halogens is 3. The van der Waals surface area contributed by atoms with Crippen LogP contribution in [0.3, 0.4) is 0 Å². The molecule has 8 nitrogen and oxygen atoms in total. The topological polar surface area (TPSA) is 107 Å². The van der Waals surface area contributed by atoms with Crippen LogP contribution in [0.2, 0.25) is 0 Å². The van der Waals surface area contributed by atoms with E-state index in [0.717, 1.165) is 44.6 Å². The summed E-state index contributed by atoms with van der Waals surface area (Å²) >= 11 is 0. The SMILES string of the molecule is COCC1(CN(C)c2cc(-c3cc(C4CC4)nc(C(F)(F)F)c3)nc(N)c2[N+](=O)[O-])CCCC1. The molecule has 11 heteroatoms. The quantitative estimate of drug-likeness (QED) is 0.411. The van der Waals surface area contributed by atoms with Gasteiger partial charge in [0.1, 0.15) is 11.4 Å². The Kier molecular flexibility index (Phi) is 6.41. The smallest absolute Gasteiger partial charge is 0.384 e. The van der Waals surface area contributed by atoms with E-state index in [9.17, 15) is 23.3 Å². The summed E-state index contributed by atoms with van der Waals surface area (Å²) in [6.45, 7) is 1.00. The van der Waals surface area contributed by atoms with Crippen molar-refractivity contribution in [2.75, 3.05) is 37.9 Å². The summed E-state index contributed by atoms with van der Waals surface area (Å²) in [5.41, 5.74) is 5.37. The van der Waals surface area contributed by atoms with Crippen molar-refractivity contribution in [2.24, 2.45) is 5.41 Å². The summed E-state index contributed by atoms with van der Waals surface area (Å²) in [5, 5.41) is 11.9. The summed E-state index contributed by atoms with van der Waals surface area (Å²) in [5.74, 6) is -0.357. The van der Waals surface area contributed by atoms with E-state index in [1.54, 1.807) is 25.1 Å². The summed E-state index contributed by atoms with van der Waals surface area (Å²) in [6.07, 6.45) is 0.875. The molecule has 2 saturated carbocycles. The van der Waals surface area contributed by atoms with Gasteiger partial charge in [0, 0.05) is 43.3 Å². The second kappa shape index (κ2) is 9.01. The fraction of sp³-hybridized carbons (Fsp3) is 0.565. The van der Waals surface area contributed by atoms with E-state index in [2.05, 4.69) is 9.97 Å². The van der Waals surface area contributed by atoms with E-state index in [1.807, 2.05) is 0 Å². The number of alkyl halides is 3. The van der Waals surface area contributed by atoms with Gasteiger partial charge in [-0.15, -0.1) is 0 Å². The molecule has 2 fully saturated rings. The Morgan fingerprint density at radius 3 is 2.47 bits per heavy atom. The fourth-order valence-electron chi connectivity index (χ4n) is 4.97. The minimum Gasteiger partial charge on any atom is -0.384 e. The maximum Gasteiger partial charge on any atom is 0.433 e. The Morgan fingerprint density at radius 2 is 1.91 bits per heavy atom. The number of nitrogens with zero attached hydrogens (tertiary/aromatic N) is 4. The lowest BCUT2D eigenvalue weighted by molar-refractivity contribution is -0.383. The van der Waals surface area contributed by atoms with Gasteiger partial charge in [0.15, 0.2) is 0 Å². The lowest BCUT2D eigenvalue weighted by Gasteiger charge is -2.34. The van der Waals surface area contributed by atoms with Crippen LogP contribution in [-0.2, 0) is 10.9 Å². The molecule has 34 heavy (non-hydrogen) atoms. The molecule has 2 aliphatic rings. The van der Waals surface area contributed by atoms with E-state index in [-0.39, 0.29) is 39.8 Å². The van der Waals surface area contributed by atoms with Crippen LogP contribution in [0.4, 0.5) is 30.4 Å². The average Bonchev–Trinajstić information content (AvgIpc) is 3.52. The van der Waals surface area contributed by atoms with Crippen molar-refractivity contribution in [3.05, 3.63) is 39.7 Å². The first-order valence-electron chi connectivity index (χ1n) is 11.3. The Balaban J connectivity index is 1.79. The van der Waals surface area contributed by atoms with Crippen molar-refractivity contribution in [3.8, 4) is 11.3 Å². The number of nitrogen functional groups attached to an aromatic ring is 1. The number of ether oxygens (including phenoxy) is 1. The molecule has 0 spiro atoms. The molecule has 2 aromatic heterocycles. The Labute approximate surface area is 195 Å². The molecule has 0 amide bonds. The highest BCUT2D eigenvalue weighted by Crippen LogP contribution is 2.44. The van der Waals surface area contributed by atoms with Gasteiger partial charge in [-0.2, -0.15) is 13.2 Å². The lowest BCUT2D eigenvalue weighted by atomic mass is 9.86. The number of hydrogen-bond donors (Lipinski definition) is 1. The van der Waals surface area contributed by atoms with Crippen LogP contribution < -0.4 is 10.6 Å². The summed E-state index contributed by atoms with van der Waals surface area (Å²) in [7, 11) is 3.36. The Morgan fingerprint density at radius 1 is 1.24 bits per heavy atom. The van der Waals surface area contributed by atoms with E-state index < -0.39 is 16.8 Å². The van der Waals surface area contributed by atoms with Crippen molar-refractivity contribution >= 4 is 17.2 Å². The van der Waals surface area contributed by atoms with Crippen LogP contribution in [0.1, 0.15) is 55.8 Å². The zero-order valence-electron chi connectivity index (χ0n) is 19.2. The third-order valence-corrected chi connectivity index (χ3v) is 6.71. The van der Waals surface area contributed by atoms with Crippen LogP contribution in [0.25, 0.3) is 11.3 Å². The predicted octanol–water partition coefficient (Wildman–Crippen LogP) is 5.17. The van der Waals surface area contributed by atoms with E-state index >= 15 is 0 Å². The third kappa shape index (κ3) is 4.94. The molecule has 0 saturated heterocycles. The van der Waals surface area contributed by atoms with Gasteiger partial charge < -0.3 is 15.4 Å². The number of rotatable bonds is 8. The van der Waals surface area contributed by atoms with Crippen LogP contribution in [0.15, 0.2) is 18.2 Å². The highest BCUT2D eigenvalue weighted by molar-refractivity contribution is 5.79. The molecule has 2 aliphatic carbocycles. The number of nitrogens with two attached hydrogens (primary N) is 1. The molecule has 0 bridgehead atoms. The summed E-state index contributed by atoms with van der Waals surface area (Å²) < 4.78 is 46.0. The van der Waals surface area contributed by atoms with Crippen molar-refractivity contribution < 1.29 is 22.8 Å². The first kappa shape index (κ1) is 24.2. The highest BCUT2D eigenvalue weighted by atomic mass is 19.4. The van der Waals surface area contributed by atoms with Gasteiger partial charge in [0.05, 0.1) is 17.2 Å². The zero-order valence-corrected chi connectivity index (χ0v) is 19.2. The first-order valence-corrected chi connectivity index (χ1v) is 11.3. The van der Waals surface area contributed by atoms with E-state index in [4.69, 9.17) is 10.5 Å². The van der Waals surface area contributed by atoms with Gasteiger partial charge in [-0.25, -0.2) is 9.97 Å². The molecule has 0 unspecified atom stereocenters. The number of nitro groups is 1. The molecule has 0 atom stereocenters. The van der Waals surface area contributed by atoms with Gasteiger partial charge in [-0.1, -0.05) is 12.8 Å². The number of aromatic nitrogens is 2. The monoisotopic (exact) mass is 479 g/mol. The molecule has 184 valence electrons. The minimum atomic E-state index is -4.62. The molecule has 2 heterocycles. The maximum atomic E-state index is 13.5. The standard InChI is InChI=1S/C23H28F3N5O3/c1-30(12-22(13-34-2)7-3-4-8-22)18-11-17(29-21(27)20(18)31(32)33)15-9-16(14-5-6-14)28-19(10-15)23(24,25)26/h9-11,14H,3-8,12-13H2,1-2H3,(H2,27,29). The number of pyridine rings is 2. The largest absolute Gasteiger partial charge is 0.433 e. The van der Waals surface area contributed by atoms with Gasteiger partial charge in [0.2, 0.25) is 5.82 Å². The van der Waals surface area contributed by atoms with Crippen molar-refractivity contribution in [1.82, 2.24) is 9.97 Å². The maximum absolute atomic E-state index is 13.5. The molecule has 2 aromatic rings. The van der Waals surface area contributed by atoms with Crippen molar-refractivity contribution in [1.29, 1.82) is 0 Å². The van der Waals surface area contributed by atoms with Gasteiger partial charge >= 0.3 is 11.9 Å². The van der Waals surface area contributed by atoms with E-state index in [0.29, 0.717) is 18.8 Å². The second-order valence-electron chi connectivity index (χ2n) is 9.45. The van der Waals surface area contributed by atoms with Gasteiger partial charge in [-0.3, -0.25) is 10.1 Å². The average molecular weight is 480 g/mol. The third-order valence-electron chi connectivity index (χ3n) is 6.71. The molecular weight excluding hydrogens is 451 g/mol. The van der Waals surface area contributed by atoms with Gasteiger partial charge in [-0.05, 0) is 43.9 Å². The Hall–Kier alpha value is -2.95. The van der Waals surface area contributed by atoms with Gasteiger partial charge in [0.25, 0.3) is 0 Å². The molecule has 4 rings (SSSR count). The van der Waals surface area contributed by atoms with Crippen molar-refractivity contribution in [2.45, 2.75) is 50.6 Å². The minimum absolute atomic E-state index is 0.0187. The molecular formula is C23H28F3N5O3. The van der Waals surface area contributed by atoms with Crippen LogP contribution in [0, 0.1) is 15.5 Å². The number of anilines is 2. The zero-order chi connectivity index (χ0) is 24.7. The van der Waals surface area contributed by atoms with Crippen molar-refractivity contribution in [3.63, 3.8) is 0 Å². The lowest BCUT2D eigenvalue weighted by Crippen LogP contribution is -2.37. The highest BCUT2D eigenvalue weighted by Gasteiger charge is 2.38. The molecule has 0 aromatic carbocycles.